The molecule has 0 spiro atoms. The molecule has 1 aliphatic heterocycles. The molecular formula is C11H24N2OS. The molecule has 0 aromatic rings. The molecule has 15 heavy (non-hydrogen) atoms. The molecule has 0 aromatic heterocycles. The SMILES string of the molecule is CC1CC(NCC(C)(O)CN(C)C)CS1. The molecule has 0 radical (unpaired) electrons. The Balaban J connectivity index is 2.23. The Morgan fingerprint density at radius 2 is 2.20 bits per heavy atom. The average molecular weight is 232 g/mol. The second-order valence-electron chi connectivity index (χ2n) is 5.19. The number of rotatable bonds is 5. The van der Waals surface area contributed by atoms with Crippen molar-refractivity contribution in [1.82, 2.24) is 10.2 Å². The fourth-order valence-electron chi connectivity index (χ4n) is 2.06. The van der Waals surface area contributed by atoms with E-state index >= 15 is 0 Å². The molecule has 0 saturated carbocycles. The van der Waals surface area contributed by atoms with Gasteiger partial charge in [-0.3, -0.25) is 0 Å². The van der Waals surface area contributed by atoms with Gasteiger partial charge in [0.15, 0.2) is 0 Å². The van der Waals surface area contributed by atoms with E-state index in [4.69, 9.17) is 0 Å². The molecule has 2 N–H and O–H groups in total. The zero-order valence-electron chi connectivity index (χ0n) is 10.3. The molecule has 3 nitrogen and oxygen atoms in total. The van der Waals surface area contributed by atoms with Crippen LogP contribution in [0.15, 0.2) is 0 Å². The van der Waals surface area contributed by atoms with E-state index in [9.17, 15) is 5.11 Å². The minimum absolute atomic E-state index is 0.582. The summed E-state index contributed by atoms with van der Waals surface area (Å²) in [6, 6.07) is 0.582. The van der Waals surface area contributed by atoms with Gasteiger partial charge in [-0.25, -0.2) is 0 Å². The van der Waals surface area contributed by atoms with Crippen LogP contribution in [0.3, 0.4) is 0 Å². The van der Waals surface area contributed by atoms with Gasteiger partial charge in [-0.15, -0.1) is 0 Å². The van der Waals surface area contributed by atoms with Gasteiger partial charge >= 0.3 is 0 Å². The van der Waals surface area contributed by atoms with Gasteiger partial charge in [0.25, 0.3) is 0 Å². The molecule has 0 bridgehead atoms. The van der Waals surface area contributed by atoms with Gasteiger partial charge in [0.2, 0.25) is 0 Å². The van der Waals surface area contributed by atoms with Gasteiger partial charge in [-0.2, -0.15) is 11.8 Å². The van der Waals surface area contributed by atoms with Crippen molar-refractivity contribution in [3.63, 3.8) is 0 Å². The quantitative estimate of drug-likeness (QED) is 0.734. The first-order chi connectivity index (χ1) is 6.89. The summed E-state index contributed by atoms with van der Waals surface area (Å²) < 4.78 is 0. The topological polar surface area (TPSA) is 35.5 Å². The van der Waals surface area contributed by atoms with Crippen LogP contribution in [0.25, 0.3) is 0 Å². The Bertz CT molecular complexity index is 197. The summed E-state index contributed by atoms with van der Waals surface area (Å²) in [5.41, 5.74) is -0.625. The molecule has 0 aromatic carbocycles. The van der Waals surface area contributed by atoms with Crippen molar-refractivity contribution in [3.8, 4) is 0 Å². The maximum Gasteiger partial charge on any atom is 0.0869 e. The summed E-state index contributed by atoms with van der Waals surface area (Å²) in [4.78, 5) is 2.02. The highest BCUT2D eigenvalue weighted by molar-refractivity contribution is 8.00. The first kappa shape index (κ1) is 13.3. The third kappa shape index (κ3) is 5.20. The van der Waals surface area contributed by atoms with Gasteiger partial charge in [0.05, 0.1) is 5.60 Å². The Hall–Kier alpha value is 0.230. The molecule has 0 aliphatic carbocycles. The summed E-state index contributed by atoms with van der Waals surface area (Å²) in [6.45, 7) is 5.55. The van der Waals surface area contributed by atoms with E-state index in [-0.39, 0.29) is 0 Å². The van der Waals surface area contributed by atoms with E-state index in [0.717, 1.165) is 5.25 Å². The van der Waals surface area contributed by atoms with Gasteiger partial charge in [-0.1, -0.05) is 6.92 Å². The summed E-state index contributed by atoms with van der Waals surface area (Å²) >= 11 is 2.02. The summed E-state index contributed by atoms with van der Waals surface area (Å²) in [6.07, 6.45) is 1.22. The van der Waals surface area contributed by atoms with Gasteiger partial charge < -0.3 is 15.3 Å². The van der Waals surface area contributed by atoms with Crippen LogP contribution in [0, 0.1) is 0 Å². The zero-order valence-corrected chi connectivity index (χ0v) is 11.1. The minimum atomic E-state index is -0.625. The largest absolute Gasteiger partial charge is 0.388 e. The predicted molar refractivity (Wildman–Crippen MR) is 67.5 cm³/mol. The Morgan fingerprint density at radius 3 is 2.67 bits per heavy atom. The third-order valence-electron chi connectivity index (χ3n) is 2.63. The van der Waals surface area contributed by atoms with Crippen molar-refractivity contribution < 1.29 is 5.11 Å². The van der Waals surface area contributed by atoms with Crippen LogP contribution in [0.2, 0.25) is 0 Å². The standard InChI is InChI=1S/C11H24N2OS/c1-9-5-10(6-15-9)12-7-11(2,14)8-13(3)4/h9-10,12,14H,5-8H2,1-4H3. The molecule has 1 fully saturated rings. The van der Waals surface area contributed by atoms with Crippen LogP contribution in [0.5, 0.6) is 0 Å². The summed E-state index contributed by atoms with van der Waals surface area (Å²) in [5.74, 6) is 1.18. The van der Waals surface area contributed by atoms with Crippen molar-refractivity contribution in [1.29, 1.82) is 0 Å². The number of hydrogen-bond donors (Lipinski definition) is 2. The molecule has 1 heterocycles. The minimum Gasteiger partial charge on any atom is -0.388 e. The van der Waals surface area contributed by atoms with Gasteiger partial charge in [-0.05, 0) is 27.4 Å². The number of thioether (sulfide) groups is 1. The highest BCUT2D eigenvalue weighted by Crippen LogP contribution is 2.26. The fourth-order valence-corrected chi connectivity index (χ4v) is 3.24. The molecule has 1 rings (SSSR count). The average Bonchev–Trinajstić information content (AvgIpc) is 2.46. The lowest BCUT2D eigenvalue weighted by molar-refractivity contribution is 0.0319. The van der Waals surface area contributed by atoms with E-state index in [1.165, 1.54) is 12.2 Å². The normalized spacial score (nSPS) is 30.8. The lowest BCUT2D eigenvalue weighted by atomic mass is 10.1. The first-order valence-electron chi connectivity index (χ1n) is 5.61. The van der Waals surface area contributed by atoms with Crippen molar-refractivity contribution >= 4 is 11.8 Å². The predicted octanol–water partition coefficient (Wildman–Crippen LogP) is 0.783. The molecular weight excluding hydrogens is 208 g/mol. The van der Waals surface area contributed by atoms with Gasteiger partial charge in [0.1, 0.15) is 0 Å². The smallest absolute Gasteiger partial charge is 0.0869 e. The Morgan fingerprint density at radius 1 is 1.53 bits per heavy atom. The van der Waals surface area contributed by atoms with Crippen LogP contribution < -0.4 is 5.32 Å². The zero-order chi connectivity index (χ0) is 11.5. The van der Waals surface area contributed by atoms with Crippen molar-refractivity contribution in [2.75, 3.05) is 32.9 Å². The number of nitrogens with one attached hydrogen (secondary N) is 1. The lowest BCUT2D eigenvalue weighted by Crippen LogP contribution is -2.48. The number of nitrogens with zero attached hydrogens (tertiary/aromatic N) is 1. The van der Waals surface area contributed by atoms with Crippen LogP contribution in [-0.2, 0) is 0 Å². The molecule has 1 saturated heterocycles. The lowest BCUT2D eigenvalue weighted by Gasteiger charge is -2.28. The highest BCUT2D eigenvalue weighted by Gasteiger charge is 2.26. The van der Waals surface area contributed by atoms with Crippen molar-refractivity contribution in [2.45, 2.75) is 37.2 Å². The molecule has 90 valence electrons. The molecule has 3 atom stereocenters. The molecule has 4 heteroatoms. The second-order valence-corrected chi connectivity index (χ2v) is 6.66. The van der Waals surface area contributed by atoms with E-state index < -0.39 is 5.60 Å². The van der Waals surface area contributed by atoms with E-state index in [1.807, 2.05) is 37.7 Å². The van der Waals surface area contributed by atoms with Crippen molar-refractivity contribution in [3.05, 3.63) is 0 Å². The Kier molecular flexibility index (Phi) is 4.90. The first-order valence-corrected chi connectivity index (χ1v) is 6.66. The fraction of sp³-hybridized carbons (Fsp3) is 1.00. The molecule has 0 amide bonds. The monoisotopic (exact) mass is 232 g/mol. The van der Waals surface area contributed by atoms with E-state index in [0.29, 0.717) is 19.1 Å². The summed E-state index contributed by atoms with van der Waals surface area (Å²) in [5, 5.41) is 14.3. The molecule has 3 unspecified atom stereocenters. The maximum atomic E-state index is 10.1. The Labute approximate surface area is 97.6 Å². The number of likely N-dealkylation sites (N-methyl/N-ethyl adjacent to an activating group) is 1. The van der Waals surface area contributed by atoms with Gasteiger partial charge in [0, 0.05) is 30.1 Å². The van der Waals surface area contributed by atoms with E-state index in [1.54, 1.807) is 0 Å². The van der Waals surface area contributed by atoms with Crippen molar-refractivity contribution in [2.24, 2.45) is 0 Å². The van der Waals surface area contributed by atoms with Crippen LogP contribution >= 0.6 is 11.8 Å². The van der Waals surface area contributed by atoms with E-state index in [2.05, 4.69) is 12.2 Å². The highest BCUT2D eigenvalue weighted by atomic mass is 32.2. The van der Waals surface area contributed by atoms with Crippen LogP contribution in [0.1, 0.15) is 20.3 Å². The number of hydrogen-bond acceptors (Lipinski definition) is 4. The third-order valence-corrected chi connectivity index (χ3v) is 3.98. The van der Waals surface area contributed by atoms with Crippen LogP contribution in [0.4, 0.5) is 0 Å². The summed E-state index contributed by atoms with van der Waals surface area (Å²) in [7, 11) is 3.98. The van der Waals surface area contributed by atoms with Crippen LogP contribution in [-0.4, -0.2) is 59.8 Å². The second kappa shape index (κ2) is 5.53. The maximum absolute atomic E-state index is 10.1. The molecule has 1 aliphatic rings. The number of aliphatic hydroxyl groups is 1.